The highest BCUT2D eigenvalue weighted by atomic mass is 15.0. The zero-order valence-electron chi connectivity index (χ0n) is 27.1. The Morgan fingerprint density at radius 1 is 0.408 bits per heavy atom. The standard InChI is InChI=1S/C48H33N/c1-3-15-32(16-4-1)34-19-13-21-36(29-34)43-31-44-39-24-8-10-26-41(39)48-47(46(44)40-25-9-7-23-38(40)43)42-27-11-12-28-45(42)49(48)37-22-14-20-35(30-37)33-17-5-2-6-18-33/h1-13,15-19,21-31H,14,20H2. The third kappa shape index (κ3) is 4.40. The van der Waals surface area contributed by atoms with Gasteiger partial charge in [-0.3, -0.25) is 0 Å². The Bertz CT molecular complexity index is 2800. The molecule has 0 amide bonds. The van der Waals surface area contributed by atoms with Gasteiger partial charge in [-0.05, 0) is 92.1 Å². The number of allylic oxidation sites excluding steroid dienone is 4. The molecule has 1 nitrogen and oxygen atoms in total. The quantitative estimate of drug-likeness (QED) is 0.172. The van der Waals surface area contributed by atoms with Gasteiger partial charge in [0.2, 0.25) is 0 Å². The minimum Gasteiger partial charge on any atom is -0.309 e. The first-order valence-corrected chi connectivity index (χ1v) is 17.3. The summed E-state index contributed by atoms with van der Waals surface area (Å²) in [6.07, 6.45) is 6.92. The monoisotopic (exact) mass is 623 g/mol. The number of aromatic nitrogens is 1. The first kappa shape index (κ1) is 27.9. The van der Waals surface area contributed by atoms with Crippen LogP contribution in [0.3, 0.4) is 0 Å². The van der Waals surface area contributed by atoms with Gasteiger partial charge in [0.05, 0.1) is 11.0 Å². The Labute approximate surface area is 285 Å². The van der Waals surface area contributed by atoms with Crippen LogP contribution in [0.1, 0.15) is 18.4 Å². The highest BCUT2D eigenvalue weighted by Gasteiger charge is 2.23. The molecular weight excluding hydrogens is 591 g/mol. The van der Waals surface area contributed by atoms with Crippen LogP contribution in [0.2, 0.25) is 0 Å². The normalized spacial score (nSPS) is 13.4. The summed E-state index contributed by atoms with van der Waals surface area (Å²) in [5, 5.41) is 10.4. The van der Waals surface area contributed by atoms with E-state index in [0.717, 1.165) is 12.8 Å². The summed E-state index contributed by atoms with van der Waals surface area (Å²) in [5.74, 6) is 0. The number of nitrogens with zero attached hydrogens (tertiary/aromatic N) is 1. The molecule has 0 saturated carbocycles. The first-order chi connectivity index (χ1) is 24.3. The first-order valence-electron chi connectivity index (χ1n) is 17.3. The fourth-order valence-electron chi connectivity index (χ4n) is 8.25. The number of hydrogen-bond acceptors (Lipinski definition) is 0. The molecule has 8 aromatic carbocycles. The van der Waals surface area contributed by atoms with Crippen LogP contribution in [-0.2, 0) is 0 Å². The van der Waals surface area contributed by atoms with Gasteiger partial charge in [-0.25, -0.2) is 0 Å². The molecule has 0 bridgehead atoms. The molecule has 0 spiro atoms. The second-order valence-electron chi connectivity index (χ2n) is 13.2. The second-order valence-corrected chi connectivity index (χ2v) is 13.2. The third-order valence-electron chi connectivity index (χ3n) is 10.4. The molecule has 9 aromatic rings. The molecule has 0 aliphatic heterocycles. The van der Waals surface area contributed by atoms with Crippen molar-refractivity contribution in [1.29, 1.82) is 0 Å². The predicted molar refractivity (Wildman–Crippen MR) is 211 cm³/mol. The topological polar surface area (TPSA) is 4.93 Å². The highest BCUT2D eigenvalue weighted by Crippen LogP contribution is 2.47. The van der Waals surface area contributed by atoms with Gasteiger partial charge in [-0.1, -0.05) is 152 Å². The number of benzene rings is 8. The van der Waals surface area contributed by atoms with Crippen LogP contribution >= 0.6 is 0 Å². The number of rotatable bonds is 4. The minimum atomic E-state index is 1.02. The van der Waals surface area contributed by atoms with Gasteiger partial charge in [0, 0.05) is 27.2 Å². The average molecular weight is 624 g/mol. The Kier molecular flexibility index (Phi) is 6.38. The van der Waals surface area contributed by atoms with E-state index in [1.165, 1.54) is 93.2 Å². The summed E-state index contributed by atoms with van der Waals surface area (Å²) in [6, 6.07) is 60.1. The summed E-state index contributed by atoms with van der Waals surface area (Å²) >= 11 is 0. The number of hydrogen-bond donors (Lipinski definition) is 0. The van der Waals surface area contributed by atoms with Crippen LogP contribution in [0.15, 0.2) is 176 Å². The van der Waals surface area contributed by atoms with E-state index in [9.17, 15) is 0 Å². The molecule has 1 aliphatic rings. The lowest BCUT2D eigenvalue weighted by Crippen LogP contribution is -2.00. The van der Waals surface area contributed by atoms with E-state index < -0.39 is 0 Å². The van der Waals surface area contributed by atoms with E-state index in [-0.39, 0.29) is 0 Å². The lowest BCUT2D eigenvalue weighted by molar-refractivity contribution is 1.04. The fraction of sp³-hybridized carbons (Fsp3) is 0.0417. The second kappa shape index (κ2) is 11.2. The lowest BCUT2D eigenvalue weighted by atomic mass is 9.88. The van der Waals surface area contributed by atoms with Gasteiger partial charge in [-0.2, -0.15) is 0 Å². The largest absolute Gasteiger partial charge is 0.309 e. The molecule has 0 saturated heterocycles. The van der Waals surface area contributed by atoms with Gasteiger partial charge < -0.3 is 4.57 Å². The zero-order valence-corrected chi connectivity index (χ0v) is 27.1. The van der Waals surface area contributed by atoms with Crippen LogP contribution < -0.4 is 0 Å². The van der Waals surface area contributed by atoms with Crippen molar-refractivity contribution in [1.82, 2.24) is 4.57 Å². The maximum atomic E-state index is 2.54. The number of para-hydroxylation sites is 1. The molecule has 0 unspecified atom stereocenters. The summed E-state index contributed by atoms with van der Waals surface area (Å²) in [5.41, 5.74) is 11.4. The minimum absolute atomic E-state index is 1.02. The van der Waals surface area contributed by atoms with Crippen molar-refractivity contribution in [2.75, 3.05) is 0 Å². The van der Waals surface area contributed by atoms with Gasteiger partial charge >= 0.3 is 0 Å². The summed E-state index contributed by atoms with van der Waals surface area (Å²) in [7, 11) is 0. The molecule has 230 valence electrons. The summed E-state index contributed by atoms with van der Waals surface area (Å²) < 4.78 is 2.54. The van der Waals surface area contributed by atoms with Crippen LogP contribution in [-0.4, -0.2) is 4.57 Å². The van der Waals surface area contributed by atoms with Crippen LogP contribution in [0.5, 0.6) is 0 Å². The molecule has 0 fully saturated rings. The SMILES string of the molecule is C1=C(c2ccccc2)CCC=C1n1c2ccccc2c2c3c4ccccc4c(-c4cccc(-c5ccccc5)c4)cc3c3ccccc3c21. The molecule has 49 heavy (non-hydrogen) atoms. The fourth-order valence-corrected chi connectivity index (χ4v) is 8.25. The Hall–Kier alpha value is -6.18. The van der Waals surface area contributed by atoms with E-state index in [1.807, 2.05) is 0 Å². The molecule has 1 aliphatic carbocycles. The van der Waals surface area contributed by atoms with Gasteiger partial charge in [0.25, 0.3) is 0 Å². The predicted octanol–water partition coefficient (Wildman–Crippen LogP) is 13.3. The Morgan fingerprint density at radius 2 is 1.02 bits per heavy atom. The lowest BCUT2D eigenvalue weighted by Gasteiger charge is -2.19. The third-order valence-corrected chi connectivity index (χ3v) is 10.4. The van der Waals surface area contributed by atoms with Crippen molar-refractivity contribution in [2.24, 2.45) is 0 Å². The van der Waals surface area contributed by atoms with Gasteiger partial charge in [0.15, 0.2) is 0 Å². The van der Waals surface area contributed by atoms with Gasteiger partial charge in [0.1, 0.15) is 0 Å². The molecule has 1 heteroatoms. The Morgan fingerprint density at radius 3 is 1.82 bits per heavy atom. The maximum absolute atomic E-state index is 2.54. The van der Waals surface area contributed by atoms with E-state index in [0.29, 0.717) is 0 Å². The van der Waals surface area contributed by atoms with E-state index in [4.69, 9.17) is 0 Å². The molecule has 1 heterocycles. The summed E-state index contributed by atoms with van der Waals surface area (Å²) in [6.45, 7) is 0. The molecular formula is C48H33N. The van der Waals surface area contributed by atoms with Crippen LogP contribution in [0.25, 0.3) is 87.6 Å². The van der Waals surface area contributed by atoms with E-state index in [2.05, 4.69) is 181 Å². The Balaban J connectivity index is 1.33. The summed E-state index contributed by atoms with van der Waals surface area (Å²) in [4.78, 5) is 0. The van der Waals surface area contributed by atoms with Crippen LogP contribution in [0.4, 0.5) is 0 Å². The maximum Gasteiger partial charge on any atom is 0.0626 e. The highest BCUT2D eigenvalue weighted by molar-refractivity contribution is 6.38. The molecule has 10 rings (SSSR count). The van der Waals surface area contributed by atoms with E-state index in [1.54, 1.807) is 0 Å². The van der Waals surface area contributed by atoms with Crippen molar-refractivity contribution in [3.05, 3.63) is 182 Å². The average Bonchev–Trinajstić information content (AvgIpc) is 3.54. The van der Waals surface area contributed by atoms with Crippen molar-refractivity contribution in [2.45, 2.75) is 12.8 Å². The van der Waals surface area contributed by atoms with Crippen molar-refractivity contribution in [3.8, 4) is 22.3 Å². The van der Waals surface area contributed by atoms with Crippen LogP contribution in [0, 0.1) is 0 Å². The zero-order chi connectivity index (χ0) is 32.3. The van der Waals surface area contributed by atoms with Crippen molar-refractivity contribution in [3.63, 3.8) is 0 Å². The van der Waals surface area contributed by atoms with Gasteiger partial charge in [-0.15, -0.1) is 0 Å². The number of fused-ring (bicyclic) bond motifs is 10. The van der Waals surface area contributed by atoms with E-state index >= 15 is 0 Å². The molecule has 0 N–H and O–H groups in total. The van der Waals surface area contributed by atoms with Crippen molar-refractivity contribution >= 4 is 65.4 Å². The molecule has 1 aromatic heterocycles. The smallest absolute Gasteiger partial charge is 0.0626 e. The van der Waals surface area contributed by atoms with Crippen molar-refractivity contribution < 1.29 is 0 Å². The molecule has 0 atom stereocenters. The molecule has 0 radical (unpaired) electrons.